The van der Waals surface area contributed by atoms with E-state index in [2.05, 4.69) is 12.2 Å². The molecule has 0 spiro atoms. The molecular formula is C19H23NO3. The van der Waals surface area contributed by atoms with Gasteiger partial charge in [0.05, 0.1) is 11.7 Å². The van der Waals surface area contributed by atoms with Crippen LogP contribution in [0, 0.1) is 0 Å². The highest BCUT2D eigenvalue weighted by Crippen LogP contribution is 2.19. The van der Waals surface area contributed by atoms with E-state index >= 15 is 0 Å². The van der Waals surface area contributed by atoms with Gasteiger partial charge < -0.3 is 15.2 Å². The Hall–Kier alpha value is -2.33. The van der Waals surface area contributed by atoms with Crippen LogP contribution in [0.2, 0.25) is 0 Å². The average Bonchev–Trinajstić information content (AvgIpc) is 2.53. The van der Waals surface area contributed by atoms with Crippen molar-refractivity contribution >= 4 is 5.97 Å². The van der Waals surface area contributed by atoms with Crippen LogP contribution in [0.4, 0.5) is 0 Å². The summed E-state index contributed by atoms with van der Waals surface area (Å²) in [6.45, 7) is 6.71. The lowest BCUT2D eigenvalue weighted by molar-refractivity contribution is 0.0696. The molecule has 4 heteroatoms. The molecule has 1 atom stereocenters. The van der Waals surface area contributed by atoms with Crippen molar-refractivity contribution in [3.63, 3.8) is 0 Å². The number of carboxylic acid groups (broad SMARTS) is 1. The first-order chi connectivity index (χ1) is 11.0. The Balaban J connectivity index is 1.95. The van der Waals surface area contributed by atoms with Crippen LogP contribution in [0.3, 0.4) is 0 Å². The minimum Gasteiger partial charge on any atom is -0.491 e. The number of carboxylic acids is 1. The first-order valence-electron chi connectivity index (χ1n) is 7.78. The van der Waals surface area contributed by atoms with E-state index < -0.39 is 5.97 Å². The van der Waals surface area contributed by atoms with E-state index in [4.69, 9.17) is 9.84 Å². The van der Waals surface area contributed by atoms with Gasteiger partial charge in [0.2, 0.25) is 0 Å². The number of ether oxygens (including phenoxy) is 1. The normalized spacial score (nSPS) is 12.2. The van der Waals surface area contributed by atoms with Gasteiger partial charge in [0, 0.05) is 12.6 Å². The number of aromatic carboxylic acids is 1. The monoisotopic (exact) mass is 313 g/mol. The third-order valence-electron chi connectivity index (χ3n) is 3.54. The summed E-state index contributed by atoms with van der Waals surface area (Å²) in [6.07, 6.45) is 0.165. The van der Waals surface area contributed by atoms with Crippen LogP contribution in [0.15, 0.2) is 48.5 Å². The average molecular weight is 313 g/mol. The molecule has 0 bridgehead atoms. The predicted molar refractivity (Wildman–Crippen MR) is 90.9 cm³/mol. The van der Waals surface area contributed by atoms with Crippen LogP contribution in [-0.4, -0.2) is 17.2 Å². The van der Waals surface area contributed by atoms with Gasteiger partial charge in [-0.25, -0.2) is 4.79 Å². The minimum absolute atomic E-state index is 0.164. The van der Waals surface area contributed by atoms with Gasteiger partial charge in [0.1, 0.15) is 5.75 Å². The summed E-state index contributed by atoms with van der Waals surface area (Å²) in [5, 5.41) is 12.4. The van der Waals surface area contributed by atoms with Crippen LogP contribution in [-0.2, 0) is 6.54 Å². The summed E-state index contributed by atoms with van der Waals surface area (Å²) >= 11 is 0. The molecule has 0 aromatic heterocycles. The Morgan fingerprint density at radius 2 is 1.83 bits per heavy atom. The second kappa shape index (κ2) is 7.79. The Labute approximate surface area is 137 Å². The van der Waals surface area contributed by atoms with Crippen molar-refractivity contribution in [3.05, 3.63) is 65.2 Å². The molecule has 1 unspecified atom stereocenters. The fourth-order valence-corrected chi connectivity index (χ4v) is 2.31. The number of hydrogen-bond donors (Lipinski definition) is 2. The van der Waals surface area contributed by atoms with Gasteiger partial charge >= 0.3 is 5.97 Å². The molecule has 122 valence electrons. The summed E-state index contributed by atoms with van der Waals surface area (Å²) < 4.78 is 5.64. The maximum atomic E-state index is 11.0. The van der Waals surface area contributed by atoms with Crippen molar-refractivity contribution in [2.75, 3.05) is 0 Å². The second-order valence-electron chi connectivity index (χ2n) is 5.84. The molecule has 0 saturated heterocycles. The summed E-state index contributed by atoms with van der Waals surface area (Å²) in [4.78, 5) is 11.0. The molecule has 2 rings (SSSR count). The Bertz CT molecular complexity index is 650. The molecule has 0 aliphatic rings. The molecule has 0 heterocycles. The van der Waals surface area contributed by atoms with E-state index in [0.29, 0.717) is 12.1 Å². The standard InChI is InChI=1S/C19H23NO3/c1-13(2)23-18-9-7-16(8-10-18)14(3)20-12-15-5-4-6-17(11-15)19(21)22/h4-11,13-14,20H,12H2,1-3H3,(H,21,22). The van der Waals surface area contributed by atoms with Gasteiger partial charge in [0.15, 0.2) is 0 Å². The number of rotatable bonds is 7. The summed E-state index contributed by atoms with van der Waals surface area (Å²) in [7, 11) is 0. The molecule has 2 aromatic rings. The third-order valence-corrected chi connectivity index (χ3v) is 3.54. The van der Waals surface area contributed by atoms with Gasteiger partial charge in [0.25, 0.3) is 0 Å². The van der Waals surface area contributed by atoms with Crippen LogP contribution in [0.1, 0.15) is 48.3 Å². The van der Waals surface area contributed by atoms with Gasteiger partial charge in [-0.2, -0.15) is 0 Å². The molecule has 0 amide bonds. The molecule has 23 heavy (non-hydrogen) atoms. The quantitative estimate of drug-likeness (QED) is 0.810. The largest absolute Gasteiger partial charge is 0.491 e. The topological polar surface area (TPSA) is 58.6 Å². The van der Waals surface area contributed by atoms with Crippen molar-refractivity contribution < 1.29 is 14.6 Å². The summed E-state index contributed by atoms with van der Waals surface area (Å²) in [5.41, 5.74) is 2.43. The molecular weight excluding hydrogens is 290 g/mol. The molecule has 0 radical (unpaired) electrons. The lowest BCUT2D eigenvalue weighted by Crippen LogP contribution is -2.18. The van der Waals surface area contributed by atoms with E-state index in [-0.39, 0.29) is 12.1 Å². The lowest BCUT2D eigenvalue weighted by atomic mass is 10.1. The molecule has 2 N–H and O–H groups in total. The van der Waals surface area contributed by atoms with E-state index in [0.717, 1.165) is 16.9 Å². The first-order valence-corrected chi connectivity index (χ1v) is 7.78. The molecule has 0 aliphatic carbocycles. The number of nitrogens with one attached hydrogen (secondary N) is 1. The van der Waals surface area contributed by atoms with Crippen molar-refractivity contribution in [1.82, 2.24) is 5.32 Å². The van der Waals surface area contributed by atoms with Crippen molar-refractivity contribution in [2.45, 2.75) is 39.5 Å². The first kappa shape index (κ1) is 17.0. The van der Waals surface area contributed by atoms with E-state index in [1.165, 1.54) is 0 Å². The smallest absolute Gasteiger partial charge is 0.335 e. The Morgan fingerprint density at radius 3 is 2.43 bits per heavy atom. The van der Waals surface area contributed by atoms with Gasteiger partial charge in [-0.3, -0.25) is 0 Å². The van der Waals surface area contributed by atoms with Crippen LogP contribution < -0.4 is 10.1 Å². The highest BCUT2D eigenvalue weighted by Gasteiger charge is 2.07. The maximum absolute atomic E-state index is 11.0. The summed E-state index contributed by atoms with van der Waals surface area (Å²) in [6, 6.07) is 15.2. The third kappa shape index (κ3) is 5.11. The van der Waals surface area contributed by atoms with Gasteiger partial charge in [-0.05, 0) is 56.2 Å². The number of benzene rings is 2. The molecule has 0 fully saturated rings. The zero-order chi connectivity index (χ0) is 16.8. The molecule has 0 saturated carbocycles. The van der Waals surface area contributed by atoms with Crippen LogP contribution in [0.25, 0.3) is 0 Å². The zero-order valence-electron chi connectivity index (χ0n) is 13.7. The maximum Gasteiger partial charge on any atom is 0.335 e. The Kier molecular flexibility index (Phi) is 5.77. The summed E-state index contributed by atoms with van der Waals surface area (Å²) in [5.74, 6) is -0.0363. The van der Waals surface area contributed by atoms with Gasteiger partial charge in [-0.1, -0.05) is 24.3 Å². The van der Waals surface area contributed by atoms with Gasteiger partial charge in [-0.15, -0.1) is 0 Å². The SMILES string of the molecule is CC(C)Oc1ccc(C(C)NCc2cccc(C(=O)O)c2)cc1. The fraction of sp³-hybridized carbons (Fsp3) is 0.316. The van der Waals surface area contributed by atoms with Crippen LogP contribution >= 0.6 is 0 Å². The number of hydrogen-bond acceptors (Lipinski definition) is 3. The Morgan fingerprint density at radius 1 is 1.13 bits per heavy atom. The lowest BCUT2D eigenvalue weighted by Gasteiger charge is -2.16. The highest BCUT2D eigenvalue weighted by molar-refractivity contribution is 5.87. The van der Waals surface area contributed by atoms with Crippen molar-refractivity contribution in [2.24, 2.45) is 0 Å². The molecule has 2 aromatic carbocycles. The van der Waals surface area contributed by atoms with Crippen molar-refractivity contribution in [1.29, 1.82) is 0 Å². The minimum atomic E-state index is -0.902. The van der Waals surface area contributed by atoms with Crippen molar-refractivity contribution in [3.8, 4) is 5.75 Å². The zero-order valence-corrected chi connectivity index (χ0v) is 13.7. The fourth-order valence-electron chi connectivity index (χ4n) is 2.31. The molecule has 0 aliphatic heterocycles. The van der Waals surface area contributed by atoms with E-state index in [9.17, 15) is 4.79 Å². The van der Waals surface area contributed by atoms with E-state index in [1.807, 2.05) is 44.2 Å². The van der Waals surface area contributed by atoms with Crippen LogP contribution in [0.5, 0.6) is 5.75 Å². The second-order valence-corrected chi connectivity index (χ2v) is 5.84. The van der Waals surface area contributed by atoms with E-state index in [1.54, 1.807) is 18.2 Å². The number of carbonyl (C=O) groups is 1. The molecule has 4 nitrogen and oxygen atoms in total. The predicted octanol–water partition coefficient (Wildman–Crippen LogP) is 4.02. The highest BCUT2D eigenvalue weighted by atomic mass is 16.5.